The fourth-order valence-electron chi connectivity index (χ4n) is 4.95. The van der Waals surface area contributed by atoms with E-state index in [1.165, 1.54) is 23.4 Å². The van der Waals surface area contributed by atoms with Gasteiger partial charge in [0.2, 0.25) is 0 Å². The van der Waals surface area contributed by atoms with E-state index < -0.39 is 6.10 Å². The summed E-state index contributed by atoms with van der Waals surface area (Å²) < 4.78 is 19.5. The van der Waals surface area contributed by atoms with Crippen LogP contribution in [0.4, 0.5) is 10.1 Å². The highest BCUT2D eigenvalue weighted by Gasteiger charge is 2.33. The van der Waals surface area contributed by atoms with E-state index in [1.807, 2.05) is 0 Å². The van der Waals surface area contributed by atoms with Gasteiger partial charge in [-0.05, 0) is 67.0 Å². The molecule has 1 aliphatic carbocycles. The first-order valence-electron chi connectivity index (χ1n) is 10.4. The van der Waals surface area contributed by atoms with Crippen LogP contribution in [0.3, 0.4) is 0 Å². The molecule has 0 amide bonds. The Morgan fingerprint density at radius 3 is 2.82 bits per heavy atom. The summed E-state index contributed by atoms with van der Waals surface area (Å²) in [5, 5.41) is 14.2. The van der Waals surface area contributed by atoms with Crippen molar-refractivity contribution in [3.8, 4) is 5.75 Å². The summed E-state index contributed by atoms with van der Waals surface area (Å²) in [6, 6.07) is 11.6. The van der Waals surface area contributed by atoms with Gasteiger partial charge in [-0.15, -0.1) is 0 Å². The number of aliphatic hydroxyl groups is 1. The van der Waals surface area contributed by atoms with Crippen molar-refractivity contribution in [1.29, 1.82) is 0 Å². The summed E-state index contributed by atoms with van der Waals surface area (Å²) in [7, 11) is 0. The molecule has 1 fully saturated rings. The Bertz CT molecular complexity index is 864. The quantitative estimate of drug-likeness (QED) is 0.854. The third-order valence-electron chi connectivity index (χ3n) is 6.45. The summed E-state index contributed by atoms with van der Waals surface area (Å²) in [6.07, 6.45) is 4.38. The fourth-order valence-corrected chi connectivity index (χ4v) is 4.95. The average molecular weight is 382 g/mol. The molecule has 0 bridgehead atoms. The Kier molecular flexibility index (Phi) is 4.73. The van der Waals surface area contributed by atoms with Crippen LogP contribution in [0, 0.1) is 5.82 Å². The zero-order valence-corrected chi connectivity index (χ0v) is 16.0. The lowest BCUT2D eigenvalue weighted by molar-refractivity contribution is 0.131. The number of hydrogen-bond acceptors (Lipinski definition) is 4. The number of benzene rings is 2. The van der Waals surface area contributed by atoms with Gasteiger partial charge < -0.3 is 20.1 Å². The summed E-state index contributed by atoms with van der Waals surface area (Å²) >= 11 is 0. The number of piperidine rings is 1. The van der Waals surface area contributed by atoms with Gasteiger partial charge in [-0.25, -0.2) is 4.39 Å². The minimum Gasteiger partial charge on any atom is -0.491 e. The lowest BCUT2D eigenvalue weighted by atomic mass is 10.00. The summed E-state index contributed by atoms with van der Waals surface area (Å²) in [4.78, 5) is 2.43. The molecular weight excluding hydrogens is 355 g/mol. The lowest BCUT2D eigenvalue weighted by Gasteiger charge is -2.37. The number of nitrogens with zero attached hydrogens (tertiary/aromatic N) is 1. The number of nitrogens with one attached hydrogen (secondary N) is 1. The first-order chi connectivity index (χ1) is 13.7. The highest BCUT2D eigenvalue weighted by atomic mass is 19.1. The van der Waals surface area contributed by atoms with Crippen molar-refractivity contribution in [2.45, 2.75) is 50.3 Å². The number of hydrogen-bond donors (Lipinski definition) is 2. The minimum atomic E-state index is -0.627. The number of para-hydroxylation sites is 1. The van der Waals surface area contributed by atoms with Gasteiger partial charge in [-0.3, -0.25) is 0 Å². The van der Waals surface area contributed by atoms with Crippen molar-refractivity contribution < 1.29 is 14.2 Å². The van der Waals surface area contributed by atoms with Gasteiger partial charge in [-0.1, -0.05) is 18.2 Å². The predicted octanol–water partition coefficient (Wildman–Crippen LogP) is 3.37. The van der Waals surface area contributed by atoms with Crippen molar-refractivity contribution >= 4 is 5.69 Å². The van der Waals surface area contributed by atoms with Crippen LogP contribution in [0.15, 0.2) is 36.4 Å². The first kappa shape index (κ1) is 18.0. The second-order valence-electron chi connectivity index (χ2n) is 8.24. The molecular formula is C23H27FN2O2. The van der Waals surface area contributed by atoms with Crippen LogP contribution in [0.2, 0.25) is 0 Å². The van der Waals surface area contributed by atoms with Gasteiger partial charge in [0.1, 0.15) is 11.6 Å². The number of aliphatic hydroxyl groups excluding tert-OH is 1. The highest BCUT2D eigenvalue weighted by Crippen LogP contribution is 2.37. The van der Waals surface area contributed by atoms with Crippen LogP contribution in [0.25, 0.3) is 0 Å². The predicted molar refractivity (Wildman–Crippen MR) is 107 cm³/mol. The Balaban J connectivity index is 1.22. The monoisotopic (exact) mass is 382 g/mol. The molecule has 2 aromatic rings. The zero-order chi connectivity index (χ0) is 19.1. The SMILES string of the molecule is O[C@H]1c2cc(F)ccc2C[C@H]1NC1CCN(c2cccc3c2OCCC3)CC1. The van der Waals surface area contributed by atoms with Gasteiger partial charge in [0.25, 0.3) is 0 Å². The molecule has 0 saturated carbocycles. The first-order valence-corrected chi connectivity index (χ1v) is 10.4. The van der Waals surface area contributed by atoms with Gasteiger partial charge in [-0.2, -0.15) is 0 Å². The maximum Gasteiger partial charge on any atom is 0.145 e. The van der Waals surface area contributed by atoms with Crippen LogP contribution in [-0.2, 0) is 12.8 Å². The van der Waals surface area contributed by atoms with E-state index in [-0.39, 0.29) is 11.9 Å². The minimum absolute atomic E-state index is 0.0267. The largest absolute Gasteiger partial charge is 0.491 e. The van der Waals surface area contributed by atoms with Crippen LogP contribution < -0.4 is 15.0 Å². The maximum absolute atomic E-state index is 13.5. The molecule has 0 radical (unpaired) electrons. The number of ether oxygens (including phenoxy) is 1. The van der Waals surface area contributed by atoms with Gasteiger partial charge in [0.15, 0.2) is 0 Å². The van der Waals surface area contributed by atoms with Crippen molar-refractivity contribution in [3.05, 3.63) is 58.9 Å². The van der Waals surface area contributed by atoms with E-state index in [1.54, 1.807) is 6.07 Å². The molecule has 148 valence electrons. The van der Waals surface area contributed by atoms with Crippen molar-refractivity contribution in [1.82, 2.24) is 5.32 Å². The topological polar surface area (TPSA) is 44.7 Å². The molecule has 5 heteroatoms. The molecule has 2 atom stereocenters. The molecule has 2 N–H and O–H groups in total. The molecule has 0 spiro atoms. The smallest absolute Gasteiger partial charge is 0.145 e. The Morgan fingerprint density at radius 2 is 1.96 bits per heavy atom. The van der Waals surface area contributed by atoms with E-state index in [0.29, 0.717) is 6.04 Å². The molecule has 5 rings (SSSR count). The van der Waals surface area contributed by atoms with Crippen LogP contribution in [0.1, 0.15) is 42.1 Å². The maximum atomic E-state index is 13.5. The molecule has 2 aromatic carbocycles. The number of aryl methyl sites for hydroxylation is 1. The second kappa shape index (κ2) is 7.37. The van der Waals surface area contributed by atoms with Crippen LogP contribution in [-0.4, -0.2) is 36.9 Å². The van der Waals surface area contributed by atoms with E-state index in [9.17, 15) is 9.50 Å². The molecule has 0 unspecified atom stereocenters. The van der Waals surface area contributed by atoms with E-state index in [4.69, 9.17) is 4.74 Å². The van der Waals surface area contributed by atoms with Crippen molar-refractivity contribution in [2.75, 3.05) is 24.6 Å². The molecule has 3 aliphatic rings. The number of anilines is 1. The van der Waals surface area contributed by atoms with E-state index in [2.05, 4.69) is 28.4 Å². The molecule has 2 heterocycles. The van der Waals surface area contributed by atoms with Gasteiger partial charge in [0, 0.05) is 25.2 Å². The highest BCUT2D eigenvalue weighted by molar-refractivity contribution is 5.62. The third kappa shape index (κ3) is 3.27. The molecule has 2 aliphatic heterocycles. The molecule has 0 aromatic heterocycles. The Hall–Kier alpha value is -2.11. The van der Waals surface area contributed by atoms with Gasteiger partial charge >= 0.3 is 0 Å². The normalized spacial score (nSPS) is 24.6. The average Bonchev–Trinajstić information content (AvgIpc) is 3.03. The lowest BCUT2D eigenvalue weighted by Crippen LogP contribution is -2.47. The van der Waals surface area contributed by atoms with E-state index in [0.717, 1.165) is 68.7 Å². The standard InChI is InChI=1S/C23H27FN2O2/c24-17-7-6-16-13-20(22(27)19(16)14-17)25-18-8-10-26(11-9-18)21-5-1-3-15-4-2-12-28-23(15)21/h1,3,5-7,14,18,20,22,25,27H,2,4,8-13H2/t20-,22+/m1/s1. The Morgan fingerprint density at radius 1 is 1.11 bits per heavy atom. The summed E-state index contributed by atoms with van der Waals surface area (Å²) in [5.74, 6) is 0.795. The summed E-state index contributed by atoms with van der Waals surface area (Å²) in [5.41, 5.74) is 4.34. The molecule has 28 heavy (non-hydrogen) atoms. The summed E-state index contributed by atoms with van der Waals surface area (Å²) in [6.45, 7) is 2.76. The number of rotatable bonds is 3. The van der Waals surface area contributed by atoms with Crippen LogP contribution >= 0.6 is 0 Å². The van der Waals surface area contributed by atoms with Crippen molar-refractivity contribution in [3.63, 3.8) is 0 Å². The fraction of sp³-hybridized carbons (Fsp3) is 0.478. The Labute approximate surface area is 165 Å². The molecule has 1 saturated heterocycles. The molecule has 4 nitrogen and oxygen atoms in total. The number of halogens is 1. The van der Waals surface area contributed by atoms with Gasteiger partial charge in [0.05, 0.1) is 18.4 Å². The van der Waals surface area contributed by atoms with E-state index >= 15 is 0 Å². The second-order valence-corrected chi connectivity index (χ2v) is 8.24. The third-order valence-corrected chi connectivity index (χ3v) is 6.45. The zero-order valence-electron chi connectivity index (χ0n) is 16.0. The van der Waals surface area contributed by atoms with Crippen LogP contribution in [0.5, 0.6) is 5.75 Å². The van der Waals surface area contributed by atoms with Crippen molar-refractivity contribution in [2.24, 2.45) is 0 Å². The number of fused-ring (bicyclic) bond motifs is 2.